The highest BCUT2D eigenvalue weighted by Gasteiger charge is 2.29. The van der Waals surface area contributed by atoms with Crippen molar-refractivity contribution in [1.29, 1.82) is 0 Å². The molecule has 0 amide bonds. The fourth-order valence-corrected chi connectivity index (χ4v) is 2.90. The van der Waals surface area contributed by atoms with Gasteiger partial charge in [0.25, 0.3) is 0 Å². The third-order valence-electron chi connectivity index (χ3n) is 3.98. The number of hydrogen-bond acceptors (Lipinski definition) is 5. The normalized spacial score (nSPS) is 22.6. The first-order valence-electron chi connectivity index (χ1n) is 7.16. The Kier molecular flexibility index (Phi) is 4.54. The van der Waals surface area contributed by atoms with Crippen LogP contribution in [0.5, 0.6) is 0 Å². The molecule has 1 heterocycles. The Balaban J connectivity index is 2.29. The zero-order valence-corrected chi connectivity index (χ0v) is 12.1. The van der Waals surface area contributed by atoms with Crippen molar-refractivity contribution < 1.29 is 4.92 Å². The number of hydrogen-bond donors (Lipinski definition) is 1. The average Bonchev–Trinajstić information content (AvgIpc) is 2.43. The van der Waals surface area contributed by atoms with Gasteiger partial charge in [-0.05, 0) is 45.1 Å². The molecule has 0 atom stereocenters. The first kappa shape index (κ1) is 14.7. The highest BCUT2D eigenvalue weighted by atomic mass is 16.6. The van der Waals surface area contributed by atoms with Gasteiger partial charge in [-0.15, -0.1) is 0 Å². The Morgan fingerprint density at radius 1 is 1.45 bits per heavy atom. The molecule has 1 saturated carbocycles. The summed E-state index contributed by atoms with van der Waals surface area (Å²) in [6.07, 6.45) is 5.59. The van der Waals surface area contributed by atoms with Gasteiger partial charge in [0.05, 0.1) is 4.92 Å². The second kappa shape index (κ2) is 6.17. The number of nitrogens with two attached hydrogens (primary N) is 1. The summed E-state index contributed by atoms with van der Waals surface area (Å²) in [6.45, 7) is 4.55. The lowest BCUT2D eigenvalue weighted by molar-refractivity contribution is -0.384. The maximum absolute atomic E-state index is 11.2. The summed E-state index contributed by atoms with van der Waals surface area (Å²) in [6, 6.07) is 2.17. The largest absolute Gasteiger partial charge is 0.348 e. The molecule has 0 aliphatic heterocycles. The van der Waals surface area contributed by atoms with E-state index in [1.807, 2.05) is 13.8 Å². The first-order valence-corrected chi connectivity index (χ1v) is 7.16. The molecule has 0 unspecified atom stereocenters. The number of rotatable bonds is 4. The third-order valence-corrected chi connectivity index (χ3v) is 3.98. The van der Waals surface area contributed by atoms with Gasteiger partial charge in [-0.25, -0.2) is 4.98 Å². The van der Waals surface area contributed by atoms with E-state index in [0.717, 1.165) is 37.8 Å². The van der Waals surface area contributed by atoms with Crippen LogP contribution in [0.1, 0.15) is 38.2 Å². The van der Waals surface area contributed by atoms with Crippen molar-refractivity contribution in [2.75, 3.05) is 11.4 Å². The predicted molar refractivity (Wildman–Crippen MR) is 78.9 cm³/mol. The van der Waals surface area contributed by atoms with Crippen molar-refractivity contribution in [2.45, 2.75) is 51.6 Å². The molecule has 0 spiro atoms. The second-order valence-electron chi connectivity index (χ2n) is 5.47. The van der Waals surface area contributed by atoms with E-state index in [4.69, 9.17) is 5.73 Å². The van der Waals surface area contributed by atoms with E-state index in [1.165, 1.54) is 0 Å². The predicted octanol–water partition coefficient (Wildman–Crippen LogP) is 2.39. The van der Waals surface area contributed by atoms with Crippen LogP contribution in [0.25, 0.3) is 0 Å². The van der Waals surface area contributed by atoms with Crippen LogP contribution in [0.15, 0.2) is 12.3 Å². The van der Waals surface area contributed by atoms with Crippen molar-refractivity contribution >= 4 is 11.5 Å². The van der Waals surface area contributed by atoms with Crippen molar-refractivity contribution in [1.82, 2.24) is 4.98 Å². The van der Waals surface area contributed by atoms with Crippen molar-refractivity contribution in [2.24, 2.45) is 5.73 Å². The average molecular weight is 278 g/mol. The fourth-order valence-electron chi connectivity index (χ4n) is 2.90. The molecule has 1 fully saturated rings. The number of nitrogens with zero attached hydrogens (tertiary/aromatic N) is 3. The monoisotopic (exact) mass is 278 g/mol. The molecule has 0 aromatic carbocycles. The van der Waals surface area contributed by atoms with Crippen LogP contribution in [0, 0.1) is 17.0 Å². The summed E-state index contributed by atoms with van der Waals surface area (Å²) in [5, 5.41) is 11.2. The minimum absolute atomic E-state index is 0.0988. The van der Waals surface area contributed by atoms with E-state index >= 15 is 0 Å². The first-order chi connectivity index (χ1) is 9.52. The standard InChI is InChI=1S/C14H22N4O2/c1-3-17(12-6-4-11(15)5-7-12)14-13(18(19)20)8-10(2)9-16-14/h8-9,11-12H,3-7,15H2,1-2H3. The van der Waals surface area contributed by atoms with E-state index in [1.54, 1.807) is 12.3 Å². The summed E-state index contributed by atoms with van der Waals surface area (Å²) in [7, 11) is 0. The van der Waals surface area contributed by atoms with Crippen molar-refractivity contribution in [3.63, 3.8) is 0 Å². The molecule has 0 bridgehead atoms. The number of anilines is 1. The van der Waals surface area contributed by atoms with Crippen molar-refractivity contribution in [3.8, 4) is 0 Å². The van der Waals surface area contributed by atoms with Gasteiger partial charge < -0.3 is 10.6 Å². The minimum Gasteiger partial charge on any atom is -0.348 e. The fraction of sp³-hybridized carbons (Fsp3) is 0.643. The van der Waals surface area contributed by atoms with Gasteiger partial charge in [0.1, 0.15) is 0 Å². The molecule has 6 heteroatoms. The number of aryl methyl sites for hydroxylation is 1. The summed E-state index contributed by atoms with van der Waals surface area (Å²) >= 11 is 0. The molecular formula is C14H22N4O2. The Morgan fingerprint density at radius 3 is 2.65 bits per heavy atom. The Morgan fingerprint density at radius 2 is 2.10 bits per heavy atom. The molecule has 2 rings (SSSR count). The molecule has 0 radical (unpaired) electrons. The number of pyridine rings is 1. The van der Waals surface area contributed by atoms with Crippen molar-refractivity contribution in [3.05, 3.63) is 27.9 Å². The third kappa shape index (κ3) is 3.07. The highest BCUT2D eigenvalue weighted by molar-refractivity contribution is 5.59. The van der Waals surface area contributed by atoms with Gasteiger partial charge >= 0.3 is 5.69 Å². The molecule has 6 nitrogen and oxygen atoms in total. The van der Waals surface area contributed by atoms with Gasteiger partial charge in [0.15, 0.2) is 0 Å². The Labute approximate surface area is 119 Å². The molecule has 2 N–H and O–H groups in total. The molecule has 1 aromatic rings. The molecule has 20 heavy (non-hydrogen) atoms. The molecule has 1 aliphatic carbocycles. The maximum Gasteiger partial charge on any atom is 0.311 e. The summed E-state index contributed by atoms with van der Waals surface area (Å²) in [5.74, 6) is 0.489. The van der Waals surface area contributed by atoms with Crippen LogP contribution in [0.4, 0.5) is 11.5 Å². The summed E-state index contributed by atoms with van der Waals surface area (Å²) in [5.41, 5.74) is 6.84. The molecule has 110 valence electrons. The van der Waals surface area contributed by atoms with Crippen LogP contribution < -0.4 is 10.6 Å². The van der Waals surface area contributed by atoms with Crippen LogP contribution >= 0.6 is 0 Å². The van der Waals surface area contributed by atoms with Gasteiger partial charge in [0, 0.05) is 30.9 Å². The van der Waals surface area contributed by atoms with E-state index in [9.17, 15) is 10.1 Å². The summed E-state index contributed by atoms with van der Waals surface area (Å²) < 4.78 is 0. The van der Waals surface area contributed by atoms with E-state index in [2.05, 4.69) is 9.88 Å². The second-order valence-corrected chi connectivity index (χ2v) is 5.47. The van der Waals surface area contributed by atoms with E-state index < -0.39 is 0 Å². The zero-order chi connectivity index (χ0) is 14.7. The molecule has 1 aliphatic rings. The van der Waals surface area contributed by atoms with E-state index in [0.29, 0.717) is 11.9 Å². The van der Waals surface area contributed by atoms with Gasteiger partial charge in [0.2, 0.25) is 5.82 Å². The number of nitro groups is 1. The smallest absolute Gasteiger partial charge is 0.311 e. The van der Waals surface area contributed by atoms with E-state index in [-0.39, 0.29) is 16.7 Å². The molecule has 0 saturated heterocycles. The lowest BCUT2D eigenvalue weighted by atomic mass is 9.90. The maximum atomic E-state index is 11.2. The quantitative estimate of drug-likeness (QED) is 0.675. The minimum atomic E-state index is -0.341. The van der Waals surface area contributed by atoms with Crippen LogP contribution in [-0.4, -0.2) is 28.5 Å². The van der Waals surface area contributed by atoms with Crippen LogP contribution in [-0.2, 0) is 0 Å². The Bertz CT molecular complexity index is 484. The van der Waals surface area contributed by atoms with Crippen LogP contribution in [0.2, 0.25) is 0 Å². The topological polar surface area (TPSA) is 85.3 Å². The Hall–Kier alpha value is -1.69. The number of aromatic nitrogens is 1. The lowest BCUT2D eigenvalue weighted by Crippen LogP contribution is -2.41. The van der Waals surface area contributed by atoms with Gasteiger partial charge in [-0.1, -0.05) is 0 Å². The van der Waals surface area contributed by atoms with Gasteiger partial charge in [-0.3, -0.25) is 10.1 Å². The summed E-state index contributed by atoms with van der Waals surface area (Å²) in [4.78, 5) is 17.3. The van der Waals surface area contributed by atoms with Gasteiger partial charge in [-0.2, -0.15) is 0 Å². The SMILES string of the molecule is CCN(c1ncc(C)cc1[N+](=O)[O-])C1CCC(N)CC1. The highest BCUT2D eigenvalue weighted by Crippen LogP contribution is 2.32. The molecular weight excluding hydrogens is 256 g/mol. The molecule has 1 aromatic heterocycles. The zero-order valence-electron chi connectivity index (χ0n) is 12.1. The lowest BCUT2D eigenvalue weighted by Gasteiger charge is -2.35. The van der Waals surface area contributed by atoms with Crippen LogP contribution in [0.3, 0.4) is 0 Å².